The van der Waals surface area contributed by atoms with E-state index in [0.29, 0.717) is 48.9 Å². The number of nitrogens with one attached hydrogen (secondary N) is 1. The van der Waals surface area contributed by atoms with E-state index in [1.807, 2.05) is 4.90 Å². The quantitative estimate of drug-likeness (QED) is 0.529. The van der Waals surface area contributed by atoms with Gasteiger partial charge in [0.25, 0.3) is 11.5 Å². The highest BCUT2D eigenvalue weighted by Gasteiger charge is 2.27. The van der Waals surface area contributed by atoms with Crippen molar-refractivity contribution in [2.75, 3.05) is 36.5 Å². The number of alkyl halides is 3. The molecule has 1 aromatic carbocycles. The van der Waals surface area contributed by atoms with Crippen molar-refractivity contribution < 1.29 is 23.0 Å². The van der Waals surface area contributed by atoms with Gasteiger partial charge < -0.3 is 24.3 Å². The number of pyridine rings is 1. The predicted octanol–water partition coefficient (Wildman–Crippen LogP) is 3.10. The molecule has 1 fully saturated rings. The minimum Gasteiger partial charge on any atom is -0.420 e. The fourth-order valence-corrected chi connectivity index (χ4v) is 3.53. The van der Waals surface area contributed by atoms with E-state index in [1.165, 1.54) is 47.6 Å². The first kappa shape index (κ1) is 23.6. The van der Waals surface area contributed by atoms with Gasteiger partial charge in [0, 0.05) is 55.4 Å². The van der Waals surface area contributed by atoms with E-state index in [9.17, 15) is 18.4 Å². The number of amides is 1. The summed E-state index contributed by atoms with van der Waals surface area (Å²) < 4.78 is 36.5. The second kappa shape index (κ2) is 9.74. The van der Waals surface area contributed by atoms with Crippen LogP contribution in [0.2, 0.25) is 0 Å². The molecular formula is C22H20ClF2N5O4. The third-order valence-electron chi connectivity index (χ3n) is 5.07. The maximum atomic E-state index is 12.9. The van der Waals surface area contributed by atoms with Crippen LogP contribution in [0.3, 0.4) is 0 Å². The van der Waals surface area contributed by atoms with Gasteiger partial charge in [0.15, 0.2) is 0 Å². The molecule has 1 aliphatic heterocycles. The molecule has 0 bridgehead atoms. The molecule has 0 unspecified atom stereocenters. The largest absolute Gasteiger partial charge is 0.487 e. The van der Waals surface area contributed by atoms with Gasteiger partial charge in [0.1, 0.15) is 11.6 Å². The van der Waals surface area contributed by atoms with E-state index in [0.717, 1.165) is 0 Å². The molecule has 1 aliphatic rings. The normalized spacial score (nSPS) is 14.1. The topological polar surface area (TPSA) is 98.6 Å². The number of aromatic nitrogens is 3. The molecule has 9 nitrogen and oxygen atoms in total. The molecular weight excluding hydrogens is 472 g/mol. The Morgan fingerprint density at radius 3 is 2.56 bits per heavy atom. The number of hydrogen-bond acceptors (Lipinski definition) is 7. The van der Waals surface area contributed by atoms with Gasteiger partial charge in [-0.1, -0.05) is 0 Å². The molecule has 34 heavy (non-hydrogen) atoms. The van der Waals surface area contributed by atoms with Gasteiger partial charge in [-0.3, -0.25) is 9.59 Å². The van der Waals surface area contributed by atoms with Crippen molar-refractivity contribution in [3.05, 3.63) is 65.0 Å². The van der Waals surface area contributed by atoms with Crippen LogP contribution in [0.4, 0.5) is 20.3 Å². The Bertz CT molecular complexity index is 1240. The van der Waals surface area contributed by atoms with Crippen molar-refractivity contribution in [2.24, 2.45) is 7.05 Å². The summed E-state index contributed by atoms with van der Waals surface area (Å²) in [7, 11) is 1.59. The molecule has 0 spiro atoms. The van der Waals surface area contributed by atoms with Crippen molar-refractivity contribution in [3.8, 4) is 16.9 Å². The lowest BCUT2D eigenvalue weighted by Gasteiger charge is -2.29. The number of nitrogens with zero attached hydrogens (tertiary/aromatic N) is 4. The molecule has 0 saturated carbocycles. The third-order valence-corrected chi connectivity index (χ3v) is 5.15. The number of hydrogen-bond donors (Lipinski definition) is 1. The van der Waals surface area contributed by atoms with Crippen molar-refractivity contribution in [1.29, 1.82) is 0 Å². The van der Waals surface area contributed by atoms with E-state index in [4.69, 9.17) is 16.3 Å². The highest BCUT2D eigenvalue weighted by Crippen LogP contribution is 2.29. The molecule has 1 N–H and O–H groups in total. The zero-order valence-electron chi connectivity index (χ0n) is 18.0. The van der Waals surface area contributed by atoms with Crippen LogP contribution in [0.15, 0.2) is 53.8 Å². The number of rotatable bonds is 6. The van der Waals surface area contributed by atoms with Gasteiger partial charge >= 0.3 is 5.57 Å². The van der Waals surface area contributed by atoms with Crippen molar-refractivity contribution in [1.82, 2.24) is 14.5 Å². The number of ether oxygens (including phenoxy) is 2. The van der Waals surface area contributed by atoms with Crippen LogP contribution in [0.25, 0.3) is 11.1 Å². The van der Waals surface area contributed by atoms with Crippen LogP contribution in [0.1, 0.15) is 10.4 Å². The standard InChI is InChI=1S/C22H20ClF2N5O4/c1-29-13-26-12-18(21(29)32)17-10-14(11-27-19(17)30-6-8-33-9-7-30)20(31)28-15-2-4-16(5-3-15)34-22(23,24)25/h2-5,10-13H,6-9H2,1H3,(H,28,31). The first-order valence-corrected chi connectivity index (χ1v) is 10.6. The Labute approximate surface area is 197 Å². The lowest BCUT2D eigenvalue weighted by atomic mass is 10.1. The summed E-state index contributed by atoms with van der Waals surface area (Å²) in [5, 5.41) is 2.66. The van der Waals surface area contributed by atoms with Crippen LogP contribution in [0.5, 0.6) is 5.75 Å². The Hall–Kier alpha value is -3.57. The Balaban J connectivity index is 1.64. The molecule has 12 heteroatoms. The number of anilines is 2. The third kappa shape index (κ3) is 5.49. The maximum Gasteiger partial charge on any atom is 0.487 e. The molecule has 1 amide bonds. The van der Waals surface area contributed by atoms with E-state index in [1.54, 1.807) is 13.1 Å². The molecule has 0 radical (unpaired) electrons. The maximum absolute atomic E-state index is 12.9. The van der Waals surface area contributed by atoms with Crippen LogP contribution >= 0.6 is 11.6 Å². The minimum atomic E-state index is -3.83. The molecule has 3 heterocycles. The number of aryl methyl sites for hydroxylation is 1. The van der Waals surface area contributed by atoms with Crippen LogP contribution in [-0.4, -0.2) is 52.3 Å². The van der Waals surface area contributed by atoms with E-state index >= 15 is 0 Å². The smallest absolute Gasteiger partial charge is 0.420 e. The SMILES string of the molecule is Cn1cncc(-c2cc(C(=O)Nc3ccc(OC(F)(F)Cl)cc3)cnc2N2CCOCC2)c1=O. The number of carbonyl (C=O) groups excluding carboxylic acids is 1. The predicted molar refractivity (Wildman–Crippen MR) is 122 cm³/mol. The number of halogens is 3. The molecule has 4 rings (SSSR count). The average molecular weight is 492 g/mol. The molecule has 178 valence electrons. The van der Waals surface area contributed by atoms with Crippen molar-refractivity contribution in [3.63, 3.8) is 0 Å². The summed E-state index contributed by atoms with van der Waals surface area (Å²) >= 11 is 4.76. The van der Waals surface area contributed by atoms with Gasteiger partial charge in [-0.2, -0.15) is 0 Å². The zero-order valence-corrected chi connectivity index (χ0v) is 18.8. The summed E-state index contributed by atoms with van der Waals surface area (Å²) in [6.45, 7) is 2.21. The lowest BCUT2D eigenvalue weighted by Crippen LogP contribution is -2.37. The first-order valence-electron chi connectivity index (χ1n) is 10.2. The first-order chi connectivity index (χ1) is 16.2. The number of benzene rings is 1. The van der Waals surface area contributed by atoms with Crippen LogP contribution in [-0.2, 0) is 11.8 Å². The summed E-state index contributed by atoms with van der Waals surface area (Å²) in [6.07, 6.45) is 4.25. The second-order valence-corrected chi connectivity index (χ2v) is 7.88. The summed E-state index contributed by atoms with van der Waals surface area (Å²) in [4.78, 5) is 36.2. The summed E-state index contributed by atoms with van der Waals surface area (Å²) in [6, 6.07) is 6.86. The lowest BCUT2D eigenvalue weighted by molar-refractivity contribution is -0.0964. The number of carbonyl (C=O) groups is 1. The molecule has 0 atom stereocenters. The fraction of sp³-hybridized carbons (Fsp3) is 0.273. The van der Waals surface area contributed by atoms with Gasteiger partial charge in [0.05, 0.1) is 30.7 Å². The Kier molecular flexibility index (Phi) is 6.75. The van der Waals surface area contributed by atoms with Crippen molar-refractivity contribution in [2.45, 2.75) is 5.57 Å². The number of morpholine rings is 1. The highest BCUT2D eigenvalue weighted by molar-refractivity contribution is 6.20. The van der Waals surface area contributed by atoms with Crippen molar-refractivity contribution >= 4 is 29.0 Å². The van der Waals surface area contributed by atoms with Gasteiger partial charge in [-0.15, -0.1) is 8.78 Å². The summed E-state index contributed by atoms with van der Waals surface area (Å²) in [5.74, 6) is -0.114. The van der Waals surface area contributed by atoms with E-state index in [2.05, 4.69) is 20.0 Å². The van der Waals surface area contributed by atoms with E-state index in [-0.39, 0.29) is 16.9 Å². The van der Waals surface area contributed by atoms with Gasteiger partial charge in [-0.25, -0.2) is 9.97 Å². The molecule has 0 aliphatic carbocycles. The second-order valence-electron chi connectivity index (χ2n) is 7.44. The average Bonchev–Trinajstić information content (AvgIpc) is 2.81. The Morgan fingerprint density at radius 2 is 1.88 bits per heavy atom. The summed E-state index contributed by atoms with van der Waals surface area (Å²) in [5.41, 5.74) is -2.81. The van der Waals surface area contributed by atoms with Gasteiger partial charge in [0.2, 0.25) is 0 Å². The van der Waals surface area contributed by atoms with E-state index < -0.39 is 11.5 Å². The van der Waals surface area contributed by atoms with Gasteiger partial charge in [-0.05, 0) is 30.3 Å². The molecule has 1 saturated heterocycles. The highest BCUT2D eigenvalue weighted by atomic mass is 35.5. The Morgan fingerprint density at radius 1 is 1.18 bits per heavy atom. The molecule has 2 aromatic heterocycles. The fourth-order valence-electron chi connectivity index (χ4n) is 3.44. The monoisotopic (exact) mass is 491 g/mol. The van der Waals surface area contributed by atoms with Crippen LogP contribution in [0, 0.1) is 0 Å². The van der Waals surface area contributed by atoms with Crippen LogP contribution < -0.4 is 20.5 Å². The minimum absolute atomic E-state index is 0.163. The zero-order chi connectivity index (χ0) is 24.3. The molecule has 3 aromatic rings.